The fourth-order valence-electron chi connectivity index (χ4n) is 8.13. The Morgan fingerprint density at radius 1 is 0.808 bits per heavy atom. The van der Waals surface area contributed by atoms with Crippen molar-refractivity contribution in [1.29, 1.82) is 0 Å². The van der Waals surface area contributed by atoms with Crippen LogP contribution in [0.4, 0.5) is 0 Å². The van der Waals surface area contributed by atoms with E-state index in [2.05, 4.69) is 172 Å². The molecule has 0 saturated heterocycles. The van der Waals surface area contributed by atoms with Crippen LogP contribution in [0.5, 0.6) is 0 Å². The van der Waals surface area contributed by atoms with Crippen molar-refractivity contribution in [2.75, 3.05) is 0 Å². The molecule has 0 saturated carbocycles. The van der Waals surface area contributed by atoms with E-state index in [1.165, 1.54) is 44.2 Å². The molecule has 2 unspecified atom stereocenters. The Morgan fingerprint density at radius 3 is 2.40 bits per heavy atom. The fraction of sp³-hybridized carbons (Fsp3) is 0.216. The largest absolute Gasteiger partial charge is 0.244 e. The highest BCUT2D eigenvalue weighted by Crippen LogP contribution is 2.44. The van der Waals surface area contributed by atoms with Crippen LogP contribution < -0.4 is 0 Å². The van der Waals surface area contributed by atoms with E-state index in [1.807, 2.05) is 6.08 Å². The lowest BCUT2D eigenvalue weighted by atomic mass is 9.75. The van der Waals surface area contributed by atoms with Gasteiger partial charge in [-0.3, -0.25) is 0 Å². The summed E-state index contributed by atoms with van der Waals surface area (Å²) in [5.74, 6) is 0.835. The van der Waals surface area contributed by atoms with Gasteiger partial charge in [-0.1, -0.05) is 169 Å². The molecule has 0 N–H and O–H groups in total. The van der Waals surface area contributed by atoms with E-state index in [0.29, 0.717) is 5.92 Å². The first kappa shape index (κ1) is 34.9. The average Bonchev–Trinajstić information content (AvgIpc) is 3.40. The van der Waals surface area contributed by atoms with E-state index in [1.54, 1.807) is 5.57 Å². The van der Waals surface area contributed by atoms with Crippen molar-refractivity contribution in [3.8, 4) is 0 Å². The molecular formula is C51H49N. The monoisotopic (exact) mass is 675 g/mol. The van der Waals surface area contributed by atoms with Gasteiger partial charge in [0.15, 0.2) is 0 Å². The summed E-state index contributed by atoms with van der Waals surface area (Å²) in [6.45, 7) is 8.41. The van der Waals surface area contributed by atoms with Crippen LogP contribution in [-0.4, -0.2) is 5.71 Å². The summed E-state index contributed by atoms with van der Waals surface area (Å²) in [6.07, 6.45) is 36.5. The van der Waals surface area contributed by atoms with Gasteiger partial charge in [0.05, 0.1) is 0 Å². The highest BCUT2D eigenvalue weighted by atomic mass is 14.8. The number of hydrogen-bond acceptors (Lipinski definition) is 1. The molecule has 0 amide bonds. The van der Waals surface area contributed by atoms with Gasteiger partial charge in [0.25, 0.3) is 0 Å². The number of hydrogen-bond donors (Lipinski definition) is 0. The molecular weight excluding hydrogens is 627 g/mol. The second-order valence-electron chi connectivity index (χ2n) is 14.3. The maximum absolute atomic E-state index is 5.21. The first-order valence-electron chi connectivity index (χ1n) is 19.0. The minimum atomic E-state index is 0.250. The first-order chi connectivity index (χ1) is 25.6. The van der Waals surface area contributed by atoms with E-state index in [-0.39, 0.29) is 5.92 Å². The fourth-order valence-corrected chi connectivity index (χ4v) is 8.13. The Kier molecular flexibility index (Phi) is 11.2. The number of fused-ring (bicyclic) bond motifs is 1. The Labute approximate surface area is 311 Å². The minimum absolute atomic E-state index is 0.250. The molecule has 2 atom stereocenters. The lowest BCUT2D eigenvalue weighted by molar-refractivity contribution is 0.525. The molecule has 0 aromatic heterocycles. The SMILES string of the molecule is C=C/C=C(/C=C=C(/N=C(\C)C1=CCC(C2=CC=C(C3=CC=CC=C(C)C3c3cccc4ccccc34)CC2)CC1)c1ccccc1)C1=CC=CCC1. The zero-order chi connectivity index (χ0) is 35.7. The molecule has 0 fully saturated rings. The number of nitrogens with zero attached hydrogens (tertiary/aromatic N) is 1. The Balaban J connectivity index is 1.11. The normalized spacial score (nSPS) is 20.7. The van der Waals surface area contributed by atoms with Crippen LogP contribution >= 0.6 is 0 Å². The summed E-state index contributed by atoms with van der Waals surface area (Å²) in [4.78, 5) is 5.21. The molecule has 52 heavy (non-hydrogen) atoms. The molecule has 3 aromatic rings. The summed E-state index contributed by atoms with van der Waals surface area (Å²) in [5.41, 5.74) is 17.7. The summed E-state index contributed by atoms with van der Waals surface area (Å²) >= 11 is 0. The standard InChI is InChI=1S/C51H49N/c1-4-16-40(41-18-7-5-8-19-41)35-36-50(46-21-9-6-10-22-46)52-38(3)39-27-29-42(30-28-39)43-31-33-45(34-32-43)48-25-13-11-17-37(2)51(48)49-26-15-23-44-20-12-14-24-47(44)49/h4-7,9-18,20-27,31,33,35,42,51H,1,8,19,28-30,32,34H2,2-3H3/b40-16-,52-38+. The van der Waals surface area contributed by atoms with Gasteiger partial charge >= 0.3 is 0 Å². The molecule has 258 valence electrons. The zero-order valence-electron chi connectivity index (χ0n) is 30.7. The summed E-state index contributed by atoms with van der Waals surface area (Å²) in [5, 5.41) is 2.65. The third-order valence-electron chi connectivity index (χ3n) is 11.0. The highest BCUT2D eigenvalue weighted by Gasteiger charge is 2.26. The molecule has 4 aliphatic rings. The van der Waals surface area contributed by atoms with Crippen molar-refractivity contribution in [2.45, 2.75) is 64.7 Å². The van der Waals surface area contributed by atoms with Crippen LogP contribution in [0.1, 0.15) is 75.8 Å². The topological polar surface area (TPSA) is 12.4 Å². The van der Waals surface area contributed by atoms with Gasteiger partial charge in [-0.05, 0) is 115 Å². The van der Waals surface area contributed by atoms with Gasteiger partial charge in [-0.2, -0.15) is 0 Å². The van der Waals surface area contributed by atoms with E-state index in [9.17, 15) is 0 Å². The number of rotatable bonds is 9. The predicted molar refractivity (Wildman–Crippen MR) is 224 cm³/mol. The van der Waals surface area contributed by atoms with Gasteiger partial charge in [0.2, 0.25) is 0 Å². The van der Waals surface area contributed by atoms with Gasteiger partial charge in [0.1, 0.15) is 5.70 Å². The summed E-state index contributed by atoms with van der Waals surface area (Å²) in [7, 11) is 0. The zero-order valence-corrected chi connectivity index (χ0v) is 30.7. The van der Waals surface area contributed by atoms with Crippen molar-refractivity contribution in [2.24, 2.45) is 10.9 Å². The summed E-state index contributed by atoms with van der Waals surface area (Å²) < 4.78 is 0. The van der Waals surface area contributed by atoms with E-state index in [0.717, 1.165) is 67.5 Å². The second kappa shape index (κ2) is 16.7. The van der Waals surface area contributed by atoms with Crippen molar-refractivity contribution < 1.29 is 0 Å². The molecule has 0 bridgehead atoms. The van der Waals surface area contributed by atoms with Crippen LogP contribution in [-0.2, 0) is 0 Å². The van der Waals surface area contributed by atoms with Crippen molar-refractivity contribution in [3.63, 3.8) is 0 Å². The molecule has 0 aliphatic heterocycles. The van der Waals surface area contributed by atoms with Crippen LogP contribution in [0, 0.1) is 5.92 Å². The van der Waals surface area contributed by atoms with Crippen molar-refractivity contribution in [3.05, 3.63) is 214 Å². The Bertz CT molecular complexity index is 2220. The second-order valence-corrected chi connectivity index (χ2v) is 14.3. The molecule has 0 heterocycles. The van der Waals surface area contributed by atoms with E-state index >= 15 is 0 Å². The molecule has 3 aromatic carbocycles. The molecule has 7 rings (SSSR count). The number of aliphatic imine (C=N–C) groups is 1. The van der Waals surface area contributed by atoms with Gasteiger partial charge < -0.3 is 0 Å². The van der Waals surface area contributed by atoms with Crippen LogP contribution in [0.15, 0.2) is 208 Å². The number of allylic oxidation sites excluding steroid dienone is 20. The summed E-state index contributed by atoms with van der Waals surface area (Å²) in [6, 6.07) is 26.0. The lowest BCUT2D eigenvalue weighted by Crippen LogP contribution is -2.14. The van der Waals surface area contributed by atoms with Gasteiger partial charge in [-0.15, -0.1) is 0 Å². The quantitative estimate of drug-likeness (QED) is 0.122. The third-order valence-corrected chi connectivity index (χ3v) is 11.0. The molecule has 0 radical (unpaired) electrons. The minimum Gasteiger partial charge on any atom is -0.244 e. The molecule has 1 heteroatoms. The highest BCUT2D eigenvalue weighted by molar-refractivity contribution is 6.01. The Hall–Kier alpha value is -5.49. The molecule has 0 spiro atoms. The number of benzene rings is 3. The van der Waals surface area contributed by atoms with E-state index < -0.39 is 0 Å². The smallest absolute Gasteiger partial charge is 0.112 e. The Morgan fingerprint density at radius 2 is 1.63 bits per heavy atom. The van der Waals surface area contributed by atoms with Gasteiger partial charge in [0, 0.05) is 17.2 Å². The molecule has 1 nitrogen and oxygen atoms in total. The predicted octanol–water partition coefficient (Wildman–Crippen LogP) is 13.8. The van der Waals surface area contributed by atoms with Crippen LogP contribution in [0.2, 0.25) is 0 Å². The van der Waals surface area contributed by atoms with Crippen molar-refractivity contribution >= 4 is 22.2 Å². The third kappa shape index (κ3) is 8.02. The first-order valence-corrected chi connectivity index (χ1v) is 19.0. The maximum Gasteiger partial charge on any atom is 0.112 e. The van der Waals surface area contributed by atoms with Crippen LogP contribution in [0.25, 0.3) is 16.5 Å². The van der Waals surface area contributed by atoms with E-state index in [4.69, 9.17) is 4.99 Å². The average molecular weight is 676 g/mol. The lowest BCUT2D eigenvalue weighted by Gasteiger charge is -2.29. The van der Waals surface area contributed by atoms with Gasteiger partial charge in [-0.25, -0.2) is 4.99 Å². The van der Waals surface area contributed by atoms with Crippen molar-refractivity contribution in [1.82, 2.24) is 0 Å². The van der Waals surface area contributed by atoms with Crippen LogP contribution in [0.3, 0.4) is 0 Å². The molecule has 4 aliphatic carbocycles. The maximum atomic E-state index is 5.21.